The van der Waals surface area contributed by atoms with E-state index in [0.717, 1.165) is 18.5 Å². The van der Waals surface area contributed by atoms with Crippen molar-refractivity contribution in [3.63, 3.8) is 0 Å². The molecule has 1 unspecified atom stereocenters. The minimum atomic E-state index is -0.376. The molecular formula is C13H16FNO. The fourth-order valence-corrected chi connectivity index (χ4v) is 2.17. The lowest BCUT2D eigenvalue weighted by molar-refractivity contribution is 0.0838. The van der Waals surface area contributed by atoms with Crippen LogP contribution in [0, 0.1) is 18.2 Å². The molecule has 1 saturated heterocycles. The van der Waals surface area contributed by atoms with Crippen LogP contribution in [0.3, 0.4) is 0 Å². The first kappa shape index (κ1) is 11.3. The van der Waals surface area contributed by atoms with Crippen molar-refractivity contribution in [2.45, 2.75) is 20.3 Å². The zero-order valence-corrected chi connectivity index (χ0v) is 9.64. The summed E-state index contributed by atoms with van der Waals surface area (Å²) in [6.45, 7) is 5.33. The predicted octanol–water partition coefficient (Wildman–Crippen LogP) is 2.32. The van der Waals surface area contributed by atoms with Crippen molar-refractivity contribution in [3.8, 4) is 0 Å². The maximum atomic E-state index is 13.2. The number of carbonyl (C=O) groups is 1. The number of halogens is 1. The van der Waals surface area contributed by atoms with Gasteiger partial charge in [0.05, 0.1) is 0 Å². The number of hydrogen-bond donors (Lipinski definition) is 1. The van der Waals surface area contributed by atoms with Gasteiger partial charge in [0.2, 0.25) is 0 Å². The molecule has 0 amide bonds. The summed E-state index contributed by atoms with van der Waals surface area (Å²) in [7, 11) is 0. The van der Waals surface area contributed by atoms with E-state index in [9.17, 15) is 9.18 Å². The Morgan fingerprint density at radius 1 is 1.50 bits per heavy atom. The normalized spacial score (nSPS) is 24.7. The molecule has 1 aliphatic rings. The molecule has 0 bridgehead atoms. The zero-order valence-electron chi connectivity index (χ0n) is 9.64. The van der Waals surface area contributed by atoms with Crippen LogP contribution < -0.4 is 5.32 Å². The smallest absolute Gasteiger partial charge is 0.170 e. The molecule has 16 heavy (non-hydrogen) atoms. The van der Waals surface area contributed by atoms with E-state index in [1.807, 2.05) is 13.8 Å². The van der Waals surface area contributed by atoms with E-state index in [-0.39, 0.29) is 17.0 Å². The number of aryl methyl sites for hydroxylation is 1. The third-order valence-electron chi connectivity index (χ3n) is 3.36. The Bertz CT molecular complexity index is 422. The van der Waals surface area contributed by atoms with Crippen molar-refractivity contribution < 1.29 is 9.18 Å². The monoisotopic (exact) mass is 221 g/mol. The Morgan fingerprint density at radius 3 is 2.88 bits per heavy atom. The molecule has 1 fully saturated rings. The molecule has 1 N–H and O–H groups in total. The Balaban J connectivity index is 2.36. The van der Waals surface area contributed by atoms with Gasteiger partial charge in [-0.2, -0.15) is 0 Å². The van der Waals surface area contributed by atoms with E-state index < -0.39 is 0 Å². The molecule has 0 saturated carbocycles. The number of ketones is 1. The number of Topliss-reactive ketones (excluding diaryl/α,β-unsaturated/α-hetero) is 1. The second-order valence-electron chi connectivity index (χ2n) is 4.78. The van der Waals surface area contributed by atoms with E-state index in [1.165, 1.54) is 12.1 Å². The van der Waals surface area contributed by atoms with Crippen molar-refractivity contribution in [1.82, 2.24) is 5.32 Å². The standard InChI is InChI=1S/C13H16FNO/c1-9-3-4-10(14)7-11(9)12(16)13(2)5-6-15-8-13/h3-4,7,15H,5-6,8H2,1-2H3. The number of rotatable bonds is 2. The highest BCUT2D eigenvalue weighted by Gasteiger charge is 2.37. The molecule has 0 aromatic heterocycles. The van der Waals surface area contributed by atoms with Gasteiger partial charge in [0.25, 0.3) is 0 Å². The van der Waals surface area contributed by atoms with Gasteiger partial charge in [0, 0.05) is 17.5 Å². The van der Waals surface area contributed by atoms with Crippen molar-refractivity contribution in [2.75, 3.05) is 13.1 Å². The molecule has 0 aliphatic carbocycles. The summed E-state index contributed by atoms with van der Waals surface area (Å²) in [5.41, 5.74) is 0.990. The highest BCUT2D eigenvalue weighted by molar-refractivity contribution is 6.01. The van der Waals surface area contributed by atoms with Crippen molar-refractivity contribution in [3.05, 3.63) is 35.1 Å². The molecule has 0 radical (unpaired) electrons. The Morgan fingerprint density at radius 2 is 2.25 bits per heavy atom. The molecule has 0 spiro atoms. The molecule has 2 rings (SSSR count). The topological polar surface area (TPSA) is 29.1 Å². The number of nitrogens with one attached hydrogen (secondary N) is 1. The summed E-state index contributed by atoms with van der Waals surface area (Å²) in [4.78, 5) is 12.3. The predicted molar refractivity (Wildman–Crippen MR) is 61.1 cm³/mol. The van der Waals surface area contributed by atoms with Crippen LogP contribution in [0.5, 0.6) is 0 Å². The second kappa shape index (κ2) is 3.98. The van der Waals surface area contributed by atoms with Gasteiger partial charge in [-0.25, -0.2) is 4.39 Å². The van der Waals surface area contributed by atoms with Crippen molar-refractivity contribution in [1.29, 1.82) is 0 Å². The second-order valence-corrected chi connectivity index (χ2v) is 4.78. The zero-order chi connectivity index (χ0) is 11.8. The SMILES string of the molecule is Cc1ccc(F)cc1C(=O)C1(C)CCNC1. The molecule has 86 valence electrons. The van der Waals surface area contributed by atoms with Crippen molar-refractivity contribution in [2.24, 2.45) is 5.41 Å². The van der Waals surface area contributed by atoms with Gasteiger partial charge in [-0.3, -0.25) is 4.79 Å². The number of carbonyl (C=O) groups excluding carboxylic acids is 1. The van der Waals surface area contributed by atoms with Gasteiger partial charge in [-0.15, -0.1) is 0 Å². The van der Waals surface area contributed by atoms with Gasteiger partial charge in [0.1, 0.15) is 5.82 Å². The summed E-state index contributed by atoms with van der Waals surface area (Å²) in [5.74, 6) is -0.294. The maximum Gasteiger partial charge on any atom is 0.170 e. The highest BCUT2D eigenvalue weighted by Crippen LogP contribution is 2.30. The fourth-order valence-electron chi connectivity index (χ4n) is 2.17. The minimum absolute atomic E-state index is 0.0505. The molecule has 3 heteroatoms. The molecule has 1 aromatic carbocycles. The van der Waals surface area contributed by atoms with E-state index in [1.54, 1.807) is 6.07 Å². The lowest BCUT2D eigenvalue weighted by Crippen LogP contribution is -2.30. The first-order valence-corrected chi connectivity index (χ1v) is 5.55. The van der Waals surface area contributed by atoms with Crippen LogP contribution in [0.4, 0.5) is 4.39 Å². The van der Waals surface area contributed by atoms with E-state index in [4.69, 9.17) is 0 Å². The first-order valence-electron chi connectivity index (χ1n) is 5.55. The summed E-state index contributed by atoms with van der Waals surface area (Å²) in [6, 6.07) is 4.40. The van der Waals surface area contributed by atoms with Crippen LogP contribution in [-0.2, 0) is 0 Å². The minimum Gasteiger partial charge on any atom is -0.316 e. The van der Waals surface area contributed by atoms with Gasteiger partial charge in [0.15, 0.2) is 5.78 Å². The summed E-state index contributed by atoms with van der Waals surface area (Å²) in [6.07, 6.45) is 0.821. The Hall–Kier alpha value is -1.22. The summed E-state index contributed by atoms with van der Waals surface area (Å²) < 4.78 is 13.2. The lowest BCUT2D eigenvalue weighted by Gasteiger charge is -2.21. The Labute approximate surface area is 94.9 Å². The van der Waals surface area contributed by atoms with Crippen molar-refractivity contribution >= 4 is 5.78 Å². The van der Waals surface area contributed by atoms with Crippen LogP contribution in [0.2, 0.25) is 0 Å². The quantitative estimate of drug-likeness (QED) is 0.776. The summed E-state index contributed by atoms with van der Waals surface area (Å²) >= 11 is 0. The lowest BCUT2D eigenvalue weighted by atomic mass is 9.80. The van der Waals surface area contributed by atoms with Gasteiger partial charge in [-0.1, -0.05) is 13.0 Å². The van der Waals surface area contributed by atoms with Gasteiger partial charge < -0.3 is 5.32 Å². The van der Waals surface area contributed by atoms with Crippen LogP contribution in [0.1, 0.15) is 29.3 Å². The molecular weight excluding hydrogens is 205 g/mol. The van der Waals surface area contributed by atoms with E-state index in [2.05, 4.69) is 5.32 Å². The average molecular weight is 221 g/mol. The largest absolute Gasteiger partial charge is 0.316 e. The number of hydrogen-bond acceptors (Lipinski definition) is 2. The average Bonchev–Trinajstić information content (AvgIpc) is 2.69. The van der Waals surface area contributed by atoms with Crippen LogP contribution in [0.15, 0.2) is 18.2 Å². The number of benzene rings is 1. The molecule has 1 atom stereocenters. The summed E-state index contributed by atoms with van der Waals surface area (Å²) in [5, 5.41) is 3.18. The third-order valence-corrected chi connectivity index (χ3v) is 3.36. The van der Waals surface area contributed by atoms with E-state index in [0.29, 0.717) is 12.1 Å². The van der Waals surface area contributed by atoms with Gasteiger partial charge >= 0.3 is 0 Å². The van der Waals surface area contributed by atoms with Crippen LogP contribution >= 0.6 is 0 Å². The third kappa shape index (κ3) is 1.87. The van der Waals surface area contributed by atoms with Crippen LogP contribution in [0.25, 0.3) is 0 Å². The van der Waals surface area contributed by atoms with E-state index >= 15 is 0 Å². The molecule has 1 heterocycles. The first-order chi connectivity index (χ1) is 7.53. The van der Waals surface area contributed by atoms with Gasteiger partial charge in [-0.05, 0) is 37.6 Å². The highest BCUT2D eigenvalue weighted by atomic mass is 19.1. The molecule has 2 nitrogen and oxygen atoms in total. The van der Waals surface area contributed by atoms with Crippen LogP contribution in [-0.4, -0.2) is 18.9 Å². The maximum absolute atomic E-state index is 13.2. The Kier molecular flexibility index (Phi) is 2.80. The fraction of sp³-hybridized carbons (Fsp3) is 0.462. The molecule has 1 aromatic rings. The molecule has 1 aliphatic heterocycles.